The maximum atomic E-state index is 14.0. The predicted molar refractivity (Wildman–Crippen MR) is 156 cm³/mol. The zero-order chi connectivity index (χ0) is 28.7. The number of aryl methyl sites for hydroxylation is 3. The molecule has 0 aromatic heterocycles. The molecular formula is C31H39N3O4S. The van der Waals surface area contributed by atoms with Crippen molar-refractivity contribution in [2.45, 2.75) is 71.5 Å². The molecule has 3 aromatic rings. The highest BCUT2D eigenvalue weighted by Gasteiger charge is 2.34. The maximum Gasteiger partial charge on any atom is 0.264 e. The van der Waals surface area contributed by atoms with Gasteiger partial charge in [0.25, 0.3) is 10.0 Å². The first-order valence-corrected chi connectivity index (χ1v) is 14.7. The van der Waals surface area contributed by atoms with Crippen molar-refractivity contribution in [3.8, 4) is 0 Å². The Morgan fingerprint density at radius 3 is 2.08 bits per heavy atom. The number of anilines is 1. The van der Waals surface area contributed by atoms with Gasteiger partial charge in [-0.3, -0.25) is 13.9 Å². The Morgan fingerprint density at radius 2 is 1.51 bits per heavy atom. The average Bonchev–Trinajstić information content (AvgIpc) is 2.89. The molecule has 0 spiro atoms. The molecule has 0 aliphatic rings. The van der Waals surface area contributed by atoms with Crippen LogP contribution in [0.5, 0.6) is 0 Å². The van der Waals surface area contributed by atoms with Gasteiger partial charge in [-0.2, -0.15) is 0 Å². The molecule has 3 rings (SSSR count). The Hall–Kier alpha value is -3.65. The number of sulfonamides is 1. The van der Waals surface area contributed by atoms with Gasteiger partial charge < -0.3 is 10.2 Å². The number of hydrogen-bond acceptors (Lipinski definition) is 4. The first kappa shape index (κ1) is 29.9. The van der Waals surface area contributed by atoms with E-state index in [1.807, 2.05) is 77.9 Å². The molecule has 39 heavy (non-hydrogen) atoms. The topological polar surface area (TPSA) is 86.8 Å². The Morgan fingerprint density at radius 1 is 0.872 bits per heavy atom. The summed E-state index contributed by atoms with van der Waals surface area (Å²) in [6.45, 7) is 11.0. The minimum Gasteiger partial charge on any atom is -0.352 e. The normalized spacial score (nSPS) is 12.2. The van der Waals surface area contributed by atoms with E-state index in [4.69, 9.17) is 0 Å². The van der Waals surface area contributed by atoms with E-state index in [0.29, 0.717) is 12.1 Å². The molecule has 0 aliphatic heterocycles. The van der Waals surface area contributed by atoms with Gasteiger partial charge in [0.15, 0.2) is 0 Å². The molecule has 0 saturated heterocycles. The van der Waals surface area contributed by atoms with Gasteiger partial charge in [-0.1, -0.05) is 61.0 Å². The van der Waals surface area contributed by atoms with Gasteiger partial charge in [0.2, 0.25) is 11.8 Å². The lowest BCUT2D eigenvalue weighted by Gasteiger charge is -2.33. The molecular weight excluding hydrogens is 510 g/mol. The highest BCUT2D eigenvalue weighted by molar-refractivity contribution is 7.92. The second-order valence-electron chi connectivity index (χ2n) is 10.2. The second kappa shape index (κ2) is 12.9. The number of benzene rings is 3. The molecule has 0 saturated carbocycles. The number of nitrogens with one attached hydrogen (secondary N) is 1. The van der Waals surface area contributed by atoms with E-state index in [0.717, 1.165) is 26.6 Å². The molecule has 2 amide bonds. The van der Waals surface area contributed by atoms with Crippen molar-refractivity contribution in [1.29, 1.82) is 0 Å². The van der Waals surface area contributed by atoms with E-state index in [9.17, 15) is 18.0 Å². The fraction of sp³-hybridized carbons (Fsp3) is 0.355. The summed E-state index contributed by atoms with van der Waals surface area (Å²) in [5.74, 6) is -0.727. The highest BCUT2D eigenvalue weighted by atomic mass is 32.2. The third-order valence-corrected chi connectivity index (χ3v) is 8.47. The summed E-state index contributed by atoms with van der Waals surface area (Å²) in [6.07, 6.45) is 0.380. The van der Waals surface area contributed by atoms with Crippen LogP contribution in [0.25, 0.3) is 0 Å². The van der Waals surface area contributed by atoms with Crippen LogP contribution in [0.1, 0.15) is 49.4 Å². The van der Waals surface area contributed by atoms with Gasteiger partial charge in [-0.15, -0.1) is 0 Å². The van der Waals surface area contributed by atoms with Gasteiger partial charge in [0.1, 0.15) is 12.6 Å². The van der Waals surface area contributed by atoms with Crippen molar-refractivity contribution in [2.75, 3.05) is 10.8 Å². The summed E-state index contributed by atoms with van der Waals surface area (Å²) in [7, 11) is -4.09. The van der Waals surface area contributed by atoms with E-state index >= 15 is 0 Å². The summed E-state index contributed by atoms with van der Waals surface area (Å²) in [6, 6.07) is 20.4. The largest absolute Gasteiger partial charge is 0.352 e. The second-order valence-corrected chi connectivity index (χ2v) is 12.1. The van der Waals surface area contributed by atoms with Crippen molar-refractivity contribution < 1.29 is 18.0 Å². The van der Waals surface area contributed by atoms with Gasteiger partial charge >= 0.3 is 0 Å². The van der Waals surface area contributed by atoms with E-state index in [1.165, 1.54) is 4.90 Å². The first-order chi connectivity index (χ1) is 18.4. The summed E-state index contributed by atoms with van der Waals surface area (Å²) < 4.78 is 29.1. The van der Waals surface area contributed by atoms with Crippen molar-refractivity contribution >= 4 is 27.5 Å². The van der Waals surface area contributed by atoms with E-state index in [2.05, 4.69) is 5.32 Å². The number of nitrogens with zero attached hydrogens (tertiary/aromatic N) is 2. The molecule has 208 valence electrons. The fourth-order valence-corrected chi connectivity index (χ4v) is 5.73. The minimum absolute atomic E-state index is 0.0957. The van der Waals surface area contributed by atoms with Crippen LogP contribution in [0.4, 0.5) is 5.69 Å². The van der Waals surface area contributed by atoms with E-state index < -0.39 is 28.5 Å². The fourth-order valence-electron chi connectivity index (χ4n) is 4.33. The van der Waals surface area contributed by atoms with Crippen LogP contribution in [0, 0.1) is 20.8 Å². The molecule has 1 N–H and O–H groups in total. The van der Waals surface area contributed by atoms with Gasteiger partial charge in [0, 0.05) is 12.6 Å². The molecule has 0 heterocycles. The monoisotopic (exact) mass is 549 g/mol. The molecule has 0 radical (unpaired) electrons. The Balaban J connectivity index is 2.07. The van der Waals surface area contributed by atoms with Gasteiger partial charge in [-0.25, -0.2) is 8.42 Å². The van der Waals surface area contributed by atoms with Crippen LogP contribution in [-0.2, 0) is 26.2 Å². The predicted octanol–water partition coefficient (Wildman–Crippen LogP) is 5.14. The van der Waals surface area contributed by atoms with E-state index in [1.54, 1.807) is 36.4 Å². The van der Waals surface area contributed by atoms with Crippen molar-refractivity contribution in [3.05, 3.63) is 95.1 Å². The van der Waals surface area contributed by atoms with Crippen molar-refractivity contribution in [1.82, 2.24) is 10.2 Å². The summed E-state index contributed by atoms with van der Waals surface area (Å²) in [5.41, 5.74) is 4.10. The van der Waals surface area contributed by atoms with Gasteiger partial charge in [-0.05, 0) is 82.0 Å². The molecule has 8 heteroatoms. The lowest BCUT2D eigenvalue weighted by Crippen LogP contribution is -2.53. The van der Waals surface area contributed by atoms with Crippen molar-refractivity contribution in [2.24, 2.45) is 0 Å². The third kappa shape index (κ3) is 7.47. The third-order valence-electron chi connectivity index (χ3n) is 6.68. The molecule has 0 fully saturated rings. The SMILES string of the molecule is CC[C@H](C(=O)NC(C)C)N(Cc1ccccc1)C(=O)CN(c1ccc(C)c(C)c1)S(=O)(=O)c1ccc(C)cc1. The lowest BCUT2D eigenvalue weighted by atomic mass is 10.1. The van der Waals surface area contributed by atoms with Crippen LogP contribution >= 0.6 is 0 Å². The summed E-state index contributed by atoms with van der Waals surface area (Å²) >= 11 is 0. The summed E-state index contributed by atoms with van der Waals surface area (Å²) in [4.78, 5) is 28.8. The highest BCUT2D eigenvalue weighted by Crippen LogP contribution is 2.27. The van der Waals surface area contributed by atoms with Crippen LogP contribution in [0.2, 0.25) is 0 Å². The van der Waals surface area contributed by atoms with Crippen LogP contribution in [0.15, 0.2) is 77.7 Å². The number of amides is 2. The number of carbonyl (C=O) groups excluding carboxylic acids is 2. The number of rotatable bonds is 11. The summed E-state index contributed by atoms with van der Waals surface area (Å²) in [5, 5.41) is 2.91. The molecule has 0 aliphatic carbocycles. The molecule has 0 unspecified atom stereocenters. The molecule has 3 aromatic carbocycles. The van der Waals surface area contributed by atoms with Gasteiger partial charge in [0.05, 0.1) is 10.6 Å². The lowest BCUT2D eigenvalue weighted by molar-refractivity contribution is -0.140. The van der Waals surface area contributed by atoms with Crippen molar-refractivity contribution in [3.63, 3.8) is 0 Å². The average molecular weight is 550 g/mol. The Bertz CT molecular complexity index is 1390. The molecule has 7 nitrogen and oxygen atoms in total. The molecule has 0 bridgehead atoms. The smallest absolute Gasteiger partial charge is 0.264 e. The van der Waals surface area contributed by atoms with E-state index in [-0.39, 0.29) is 23.4 Å². The Labute approximate surface area is 232 Å². The Kier molecular flexibility index (Phi) is 9.92. The number of carbonyl (C=O) groups is 2. The maximum absolute atomic E-state index is 14.0. The van der Waals surface area contributed by atoms with Crippen LogP contribution < -0.4 is 9.62 Å². The molecule has 1 atom stereocenters. The standard InChI is InChI=1S/C31H39N3O4S/c1-7-29(31(36)32-22(2)3)33(20-26-11-9-8-10-12-26)30(35)21-34(27-16-15-24(5)25(6)19-27)39(37,38)28-17-13-23(4)14-18-28/h8-19,22,29H,7,20-21H2,1-6H3,(H,32,36)/t29-/m1/s1. The zero-order valence-corrected chi connectivity index (χ0v) is 24.5. The van der Waals surface area contributed by atoms with Crippen LogP contribution in [0.3, 0.4) is 0 Å². The number of hydrogen-bond donors (Lipinski definition) is 1. The minimum atomic E-state index is -4.09. The first-order valence-electron chi connectivity index (χ1n) is 13.2. The van der Waals surface area contributed by atoms with Crippen LogP contribution in [-0.4, -0.2) is 43.8 Å². The zero-order valence-electron chi connectivity index (χ0n) is 23.6. The quantitative estimate of drug-likeness (QED) is 0.359.